The molecule has 0 saturated heterocycles. The van der Waals surface area contributed by atoms with Crippen LogP contribution in [-0.4, -0.2) is 30.3 Å². The number of nitrogens with one attached hydrogen (secondary N) is 1. The topological polar surface area (TPSA) is 86.8 Å². The molecule has 3 heterocycles. The van der Waals surface area contributed by atoms with Crippen molar-refractivity contribution in [2.45, 2.75) is 19.4 Å². The van der Waals surface area contributed by atoms with Crippen LogP contribution in [0.3, 0.4) is 0 Å². The summed E-state index contributed by atoms with van der Waals surface area (Å²) in [6.45, 7) is 0.300. The van der Waals surface area contributed by atoms with Crippen LogP contribution >= 0.6 is 11.3 Å². The average molecular weight is 499 g/mol. The minimum atomic E-state index is -0.513. The van der Waals surface area contributed by atoms with E-state index in [0.29, 0.717) is 24.0 Å². The fourth-order valence-corrected chi connectivity index (χ4v) is 5.21. The Morgan fingerprint density at radius 1 is 1.06 bits per heavy atom. The SMILES string of the molecule is O=C(COC(=O)c1c2c(nc3ccccc13)/C(=C/c1ccc3c(c1)OCO3)CC2)NCc1cccs1. The molecule has 0 fully saturated rings. The van der Waals surface area contributed by atoms with E-state index in [1.165, 1.54) is 0 Å². The number of fused-ring (bicyclic) bond motifs is 3. The maximum atomic E-state index is 13.3. The number of carbonyl (C=O) groups excluding carboxylic acids is 2. The van der Waals surface area contributed by atoms with Crippen molar-refractivity contribution in [2.24, 2.45) is 0 Å². The van der Waals surface area contributed by atoms with Crippen molar-refractivity contribution in [3.63, 3.8) is 0 Å². The number of allylic oxidation sites excluding steroid dienone is 1. The van der Waals surface area contributed by atoms with Crippen LogP contribution in [0.1, 0.15) is 38.5 Å². The first kappa shape index (κ1) is 22.3. The van der Waals surface area contributed by atoms with E-state index in [9.17, 15) is 9.59 Å². The lowest BCUT2D eigenvalue weighted by molar-refractivity contribution is -0.124. The second-order valence-electron chi connectivity index (χ2n) is 8.55. The Morgan fingerprint density at radius 2 is 1.94 bits per heavy atom. The van der Waals surface area contributed by atoms with Crippen molar-refractivity contribution in [1.29, 1.82) is 0 Å². The van der Waals surface area contributed by atoms with E-state index in [0.717, 1.165) is 50.6 Å². The number of thiophene rings is 1. The average Bonchev–Trinajstić information content (AvgIpc) is 3.66. The molecule has 0 unspecified atom stereocenters. The molecule has 2 aliphatic rings. The first-order valence-electron chi connectivity index (χ1n) is 11.6. The maximum Gasteiger partial charge on any atom is 0.339 e. The number of benzene rings is 2. The Labute approximate surface area is 211 Å². The molecule has 0 bridgehead atoms. The summed E-state index contributed by atoms with van der Waals surface area (Å²) < 4.78 is 16.4. The van der Waals surface area contributed by atoms with E-state index >= 15 is 0 Å². The predicted octanol–water partition coefficient (Wildman–Crippen LogP) is 4.99. The normalized spacial score (nSPS) is 14.7. The molecule has 0 spiro atoms. The summed E-state index contributed by atoms with van der Waals surface area (Å²) in [6, 6.07) is 17.2. The molecule has 1 amide bonds. The quantitative estimate of drug-likeness (QED) is 0.377. The number of ether oxygens (including phenoxy) is 3. The highest BCUT2D eigenvalue weighted by atomic mass is 32.1. The minimum absolute atomic E-state index is 0.225. The van der Waals surface area contributed by atoms with Gasteiger partial charge in [-0.1, -0.05) is 30.3 Å². The van der Waals surface area contributed by atoms with Crippen molar-refractivity contribution in [2.75, 3.05) is 13.4 Å². The van der Waals surface area contributed by atoms with Gasteiger partial charge in [0.05, 0.1) is 23.3 Å². The maximum absolute atomic E-state index is 13.3. The van der Waals surface area contributed by atoms with Crippen LogP contribution < -0.4 is 14.8 Å². The number of rotatable bonds is 6. The second-order valence-corrected chi connectivity index (χ2v) is 9.58. The number of hydrogen-bond donors (Lipinski definition) is 1. The molecule has 2 aromatic heterocycles. The van der Waals surface area contributed by atoms with Gasteiger partial charge in [0, 0.05) is 10.3 Å². The molecule has 7 nitrogen and oxygen atoms in total. The van der Waals surface area contributed by atoms with Gasteiger partial charge in [-0.2, -0.15) is 0 Å². The van der Waals surface area contributed by atoms with E-state index in [-0.39, 0.29) is 19.3 Å². The fraction of sp³-hybridized carbons (Fsp3) is 0.179. The Balaban J connectivity index is 1.27. The van der Waals surface area contributed by atoms with Crippen molar-refractivity contribution in [3.8, 4) is 11.5 Å². The van der Waals surface area contributed by atoms with Gasteiger partial charge >= 0.3 is 5.97 Å². The molecule has 1 aliphatic heterocycles. The van der Waals surface area contributed by atoms with Gasteiger partial charge in [-0.25, -0.2) is 9.78 Å². The molecule has 2 aromatic carbocycles. The minimum Gasteiger partial charge on any atom is -0.454 e. The lowest BCUT2D eigenvalue weighted by atomic mass is 10.0. The number of carbonyl (C=O) groups is 2. The number of esters is 1. The number of aromatic nitrogens is 1. The van der Waals surface area contributed by atoms with Gasteiger partial charge in [0.15, 0.2) is 18.1 Å². The lowest BCUT2D eigenvalue weighted by Crippen LogP contribution is -2.28. The summed E-state index contributed by atoms with van der Waals surface area (Å²) in [5.74, 6) is 0.601. The van der Waals surface area contributed by atoms with Crippen molar-refractivity contribution < 1.29 is 23.8 Å². The molecule has 6 rings (SSSR count). The van der Waals surface area contributed by atoms with Gasteiger partial charge in [0.25, 0.3) is 5.91 Å². The van der Waals surface area contributed by atoms with Gasteiger partial charge in [-0.3, -0.25) is 4.79 Å². The molecule has 0 saturated carbocycles. The molecule has 1 aliphatic carbocycles. The molecule has 0 atom stereocenters. The number of nitrogens with zero attached hydrogens (tertiary/aromatic N) is 1. The summed E-state index contributed by atoms with van der Waals surface area (Å²) in [4.78, 5) is 31.5. The Kier molecular flexibility index (Phi) is 5.87. The van der Waals surface area contributed by atoms with Gasteiger partial charge in [-0.15, -0.1) is 11.3 Å². The van der Waals surface area contributed by atoms with E-state index in [4.69, 9.17) is 19.2 Å². The monoisotopic (exact) mass is 498 g/mol. The summed E-state index contributed by atoms with van der Waals surface area (Å²) in [6.07, 6.45) is 3.48. The third-order valence-electron chi connectivity index (χ3n) is 6.26. The highest BCUT2D eigenvalue weighted by molar-refractivity contribution is 7.09. The van der Waals surface area contributed by atoms with Crippen LogP contribution in [0.4, 0.5) is 0 Å². The Morgan fingerprint density at radius 3 is 2.83 bits per heavy atom. The predicted molar refractivity (Wildman–Crippen MR) is 137 cm³/mol. The first-order chi connectivity index (χ1) is 17.7. The Bertz CT molecular complexity index is 1510. The zero-order chi connectivity index (χ0) is 24.5. The van der Waals surface area contributed by atoms with E-state index in [2.05, 4.69) is 11.4 Å². The molecule has 0 radical (unpaired) electrons. The summed E-state index contributed by atoms with van der Waals surface area (Å²) >= 11 is 1.56. The zero-order valence-electron chi connectivity index (χ0n) is 19.3. The van der Waals surface area contributed by atoms with Crippen LogP contribution in [0.2, 0.25) is 0 Å². The second kappa shape index (κ2) is 9.47. The fourth-order valence-electron chi connectivity index (χ4n) is 4.57. The van der Waals surface area contributed by atoms with Crippen LogP contribution in [0, 0.1) is 0 Å². The first-order valence-corrected chi connectivity index (χ1v) is 12.5. The molecular weight excluding hydrogens is 476 g/mol. The van der Waals surface area contributed by atoms with Gasteiger partial charge in [0.2, 0.25) is 6.79 Å². The summed E-state index contributed by atoms with van der Waals surface area (Å²) in [5, 5.41) is 5.46. The van der Waals surface area contributed by atoms with Crippen LogP contribution in [0.15, 0.2) is 60.0 Å². The van der Waals surface area contributed by atoms with Crippen LogP contribution in [0.25, 0.3) is 22.6 Å². The lowest BCUT2D eigenvalue weighted by Gasteiger charge is -2.12. The van der Waals surface area contributed by atoms with E-state index in [1.807, 2.05) is 60.0 Å². The van der Waals surface area contributed by atoms with E-state index in [1.54, 1.807) is 11.3 Å². The van der Waals surface area contributed by atoms with Crippen molar-refractivity contribution >= 4 is 45.8 Å². The number of para-hydroxylation sites is 1. The number of pyridine rings is 1. The largest absolute Gasteiger partial charge is 0.454 e. The zero-order valence-corrected chi connectivity index (χ0v) is 20.1. The Hall–Kier alpha value is -4.17. The van der Waals surface area contributed by atoms with Crippen LogP contribution in [-0.2, 0) is 22.5 Å². The summed E-state index contributed by atoms with van der Waals surface area (Å²) in [5.41, 5.74) is 4.85. The third-order valence-corrected chi connectivity index (χ3v) is 7.13. The highest BCUT2D eigenvalue weighted by Crippen LogP contribution is 2.39. The smallest absolute Gasteiger partial charge is 0.339 e. The van der Waals surface area contributed by atoms with Gasteiger partial charge in [-0.05, 0) is 65.3 Å². The highest BCUT2D eigenvalue weighted by Gasteiger charge is 2.28. The van der Waals surface area contributed by atoms with Crippen molar-refractivity contribution in [3.05, 3.63) is 87.2 Å². The molecular formula is C28H22N2O5S. The standard InChI is InChI=1S/C28H22N2O5S/c31-25(29-14-19-4-3-11-36-19)15-33-28(32)26-20-5-1-2-6-22(20)30-27-18(8-9-21(26)27)12-17-7-10-23-24(13-17)35-16-34-23/h1-7,10-13H,8-9,14-16H2,(H,29,31)/b18-12+. The summed E-state index contributed by atoms with van der Waals surface area (Å²) in [7, 11) is 0. The molecule has 4 aromatic rings. The molecule has 180 valence electrons. The number of hydrogen-bond acceptors (Lipinski definition) is 7. The van der Waals surface area contributed by atoms with Crippen molar-refractivity contribution in [1.82, 2.24) is 10.3 Å². The molecule has 36 heavy (non-hydrogen) atoms. The van der Waals surface area contributed by atoms with E-state index < -0.39 is 5.97 Å². The molecule has 1 N–H and O–H groups in total. The third kappa shape index (κ3) is 4.31. The number of amides is 1. The molecule has 8 heteroatoms. The van der Waals surface area contributed by atoms with Gasteiger partial charge < -0.3 is 19.5 Å². The van der Waals surface area contributed by atoms with Gasteiger partial charge in [0.1, 0.15) is 0 Å². The van der Waals surface area contributed by atoms with Crippen LogP contribution in [0.5, 0.6) is 11.5 Å².